The highest BCUT2D eigenvalue weighted by molar-refractivity contribution is 5.85. The van der Waals surface area contributed by atoms with Crippen LogP contribution in [0, 0.1) is 11.3 Å². The van der Waals surface area contributed by atoms with Gasteiger partial charge in [-0.1, -0.05) is 18.2 Å². The van der Waals surface area contributed by atoms with Crippen molar-refractivity contribution >= 4 is 10.9 Å². The summed E-state index contributed by atoms with van der Waals surface area (Å²) in [5, 5.41) is 10.1. The molecule has 0 atom stereocenters. The molecular formula is C15H16N2O. The fraction of sp³-hybridized carbons (Fsp3) is 0.400. The van der Waals surface area contributed by atoms with Crippen LogP contribution < -0.4 is 0 Å². The number of nitrogens with zero attached hydrogens (tertiary/aromatic N) is 2. The van der Waals surface area contributed by atoms with E-state index in [-0.39, 0.29) is 5.41 Å². The normalized spacial score (nSPS) is 17.3. The summed E-state index contributed by atoms with van der Waals surface area (Å²) in [6.07, 6.45) is 3.68. The highest BCUT2D eigenvalue weighted by atomic mass is 16.5. The molecule has 0 amide bonds. The van der Waals surface area contributed by atoms with E-state index in [4.69, 9.17) is 10.00 Å². The van der Waals surface area contributed by atoms with Gasteiger partial charge in [-0.15, -0.1) is 0 Å². The average Bonchev–Trinajstić information content (AvgIpc) is 2.67. The lowest BCUT2D eigenvalue weighted by Gasteiger charge is -2.41. The number of hydrogen-bond donors (Lipinski definition) is 0. The number of ether oxygens (including phenoxy) is 1. The first kappa shape index (κ1) is 11.3. The van der Waals surface area contributed by atoms with Crippen LogP contribution in [0.2, 0.25) is 0 Å². The molecule has 1 aliphatic rings. The molecule has 1 aromatic carbocycles. The Bertz CT molecular complexity index is 617. The minimum atomic E-state index is 0.0522. The van der Waals surface area contributed by atoms with Crippen molar-refractivity contribution < 1.29 is 4.74 Å². The number of aryl methyl sites for hydroxylation is 1. The SMILES string of the molecule is Cn1cc(C2(CCC#N)COC2)c2ccccc21. The Kier molecular flexibility index (Phi) is 2.61. The zero-order valence-electron chi connectivity index (χ0n) is 10.5. The summed E-state index contributed by atoms with van der Waals surface area (Å²) >= 11 is 0. The predicted molar refractivity (Wildman–Crippen MR) is 70.3 cm³/mol. The van der Waals surface area contributed by atoms with Crippen molar-refractivity contribution in [1.82, 2.24) is 4.57 Å². The Morgan fingerprint density at radius 1 is 1.39 bits per heavy atom. The van der Waals surface area contributed by atoms with Crippen LogP contribution in [-0.2, 0) is 17.2 Å². The lowest BCUT2D eigenvalue weighted by atomic mass is 9.75. The third kappa shape index (κ3) is 1.53. The molecule has 3 heteroatoms. The summed E-state index contributed by atoms with van der Waals surface area (Å²) in [4.78, 5) is 0. The zero-order chi connectivity index (χ0) is 12.6. The van der Waals surface area contributed by atoms with Crippen LogP contribution in [0.25, 0.3) is 10.9 Å². The van der Waals surface area contributed by atoms with Gasteiger partial charge in [-0.2, -0.15) is 5.26 Å². The molecule has 0 saturated carbocycles. The van der Waals surface area contributed by atoms with Gasteiger partial charge in [0.15, 0.2) is 0 Å². The number of hydrogen-bond acceptors (Lipinski definition) is 2. The van der Waals surface area contributed by atoms with Crippen molar-refractivity contribution in [2.75, 3.05) is 13.2 Å². The fourth-order valence-corrected chi connectivity index (χ4v) is 2.84. The van der Waals surface area contributed by atoms with Gasteiger partial charge in [0, 0.05) is 36.0 Å². The Labute approximate surface area is 107 Å². The van der Waals surface area contributed by atoms with Gasteiger partial charge >= 0.3 is 0 Å². The molecule has 3 rings (SSSR count). The standard InChI is InChI=1S/C15H16N2O/c1-17-9-13(12-5-2-3-6-14(12)17)15(7-4-8-16)10-18-11-15/h2-3,5-6,9H,4,7,10-11H2,1H3. The van der Waals surface area contributed by atoms with Crippen LogP contribution >= 0.6 is 0 Å². The third-order valence-electron chi connectivity index (χ3n) is 3.94. The second kappa shape index (κ2) is 4.15. The first-order valence-corrected chi connectivity index (χ1v) is 6.26. The largest absolute Gasteiger partial charge is 0.379 e. The molecule has 0 unspecified atom stereocenters. The van der Waals surface area contributed by atoms with E-state index in [1.165, 1.54) is 16.5 Å². The lowest BCUT2D eigenvalue weighted by molar-refractivity contribution is -0.0630. The molecule has 2 aromatic rings. The highest BCUT2D eigenvalue weighted by Crippen LogP contribution is 2.40. The van der Waals surface area contributed by atoms with Gasteiger partial charge in [-0.25, -0.2) is 0 Å². The van der Waals surface area contributed by atoms with E-state index in [0.717, 1.165) is 19.6 Å². The number of rotatable bonds is 3. The Hall–Kier alpha value is -1.79. The van der Waals surface area contributed by atoms with E-state index in [2.05, 4.69) is 48.1 Å². The molecule has 92 valence electrons. The highest BCUT2D eigenvalue weighted by Gasteiger charge is 2.41. The molecule has 0 radical (unpaired) electrons. The number of fused-ring (bicyclic) bond motifs is 1. The van der Waals surface area contributed by atoms with E-state index in [9.17, 15) is 0 Å². The fourth-order valence-electron chi connectivity index (χ4n) is 2.84. The summed E-state index contributed by atoms with van der Waals surface area (Å²) in [6.45, 7) is 1.48. The van der Waals surface area contributed by atoms with E-state index in [1.807, 2.05) is 0 Å². The summed E-state index contributed by atoms with van der Waals surface area (Å²) in [5.41, 5.74) is 2.63. The van der Waals surface area contributed by atoms with Gasteiger partial charge in [-0.05, 0) is 18.1 Å². The van der Waals surface area contributed by atoms with Crippen LogP contribution in [0.15, 0.2) is 30.5 Å². The summed E-state index contributed by atoms with van der Waals surface area (Å²) < 4.78 is 7.59. The zero-order valence-corrected chi connectivity index (χ0v) is 10.5. The van der Waals surface area contributed by atoms with E-state index in [0.29, 0.717) is 6.42 Å². The number of benzene rings is 1. The molecule has 1 fully saturated rings. The van der Waals surface area contributed by atoms with E-state index >= 15 is 0 Å². The van der Waals surface area contributed by atoms with Crippen LogP contribution in [0.1, 0.15) is 18.4 Å². The van der Waals surface area contributed by atoms with Crippen molar-refractivity contribution in [3.8, 4) is 6.07 Å². The maximum Gasteiger partial charge on any atom is 0.0622 e. The predicted octanol–water partition coefficient (Wildman–Crippen LogP) is 2.75. The molecule has 0 aliphatic carbocycles. The van der Waals surface area contributed by atoms with Gasteiger partial charge in [0.2, 0.25) is 0 Å². The van der Waals surface area contributed by atoms with Crippen LogP contribution in [0.5, 0.6) is 0 Å². The van der Waals surface area contributed by atoms with Crippen molar-refractivity contribution in [2.45, 2.75) is 18.3 Å². The molecule has 1 aliphatic heterocycles. The van der Waals surface area contributed by atoms with Gasteiger partial charge < -0.3 is 9.30 Å². The topological polar surface area (TPSA) is 38.0 Å². The Balaban J connectivity index is 2.10. The average molecular weight is 240 g/mol. The molecular weight excluding hydrogens is 224 g/mol. The quantitative estimate of drug-likeness (QED) is 0.827. The third-order valence-corrected chi connectivity index (χ3v) is 3.94. The van der Waals surface area contributed by atoms with Crippen LogP contribution in [0.3, 0.4) is 0 Å². The smallest absolute Gasteiger partial charge is 0.0622 e. The molecule has 0 N–H and O–H groups in total. The lowest BCUT2D eigenvalue weighted by Crippen LogP contribution is -2.46. The molecule has 0 spiro atoms. The van der Waals surface area contributed by atoms with Gasteiger partial charge in [-0.3, -0.25) is 0 Å². The van der Waals surface area contributed by atoms with Gasteiger partial charge in [0.25, 0.3) is 0 Å². The maximum absolute atomic E-state index is 8.82. The van der Waals surface area contributed by atoms with E-state index < -0.39 is 0 Å². The number of aromatic nitrogens is 1. The number of para-hydroxylation sites is 1. The molecule has 1 aromatic heterocycles. The number of nitriles is 1. The molecule has 0 bridgehead atoms. The Morgan fingerprint density at radius 3 is 2.83 bits per heavy atom. The summed E-state index contributed by atoms with van der Waals surface area (Å²) in [6, 6.07) is 10.7. The molecule has 18 heavy (non-hydrogen) atoms. The molecule has 1 saturated heterocycles. The van der Waals surface area contributed by atoms with Crippen molar-refractivity contribution in [1.29, 1.82) is 5.26 Å². The second-order valence-corrected chi connectivity index (χ2v) is 5.10. The van der Waals surface area contributed by atoms with Crippen LogP contribution in [-0.4, -0.2) is 17.8 Å². The minimum absolute atomic E-state index is 0.0522. The first-order valence-electron chi connectivity index (χ1n) is 6.26. The molecule has 2 heterocycles. The van der Waals surface area contributed by atoms with E-state index in [1.54, 1.807) is 0 Å². The first-order chi connectivity index (χ1) is 8.77. The van der Waals surface area contributed by atoms with Gasteiger partial charge in [0.05, 0.1) is 19.3 Å². The van der Waals surface area contributed by atoms with Gasteiger partial charge in [0.1, 0.15) is 0 Å². The van der Waals surface area contributed by atoms with Crippen molar-refractivity contribution in [3.05, 3.63) is 36.0 Å². The summed E-state index contributed by atoms with van der Waals surface area (Å²) in [5.74, 6) is 0. The van der Waals surface area contributed by atoms with Crippen LogP contribution in [0.4, 0.5) is 0 Å². The Morgan fingerprint density at radius 2 is 2.17 bits per heavy atom. The molecule has 3 nitrogen and oxygen atoms in total. The monoisotopic (exact) mass is 240 g/mol. The second-order valence-electron chi connectivity index (χ2n) is 5.10. The van der Waals surface area contributed by atoms with Crippen molar-refractivity contribution in [3.63, 3.8) is 0 Å². The minimum Gasteiger partial charge on any atom is -0.379 e. The maximum atomic E-state index is 8.82. The summed E-state index contributed by atoms with van der Waals surface area (Å²) in [7, 11) is 2.07. The van der Waals surface area contributed by atoms with Crippen molar-refractivity contribution in [2.24, 2.45) is 7.05 Å².